The monoisotopic (exact) mass is 183 g/mol. The first-order chi connectivity index (χ1) is 5.84. The summed E-state index contributed by atoms with van der Waals surface area (Å²) < 4.78 is 15.9. The Morgan fingerprint density at radius 1 is 1.42 bits per heavy atom. The van der Waals surface area contributed by atoms with Crippen LogP contribution in [0, 0.1) is 0 Å². The second-order valence-electron chi connectivity index (χ2n) is 1.95. The van der Waals surface area contributed by atoms with E-state index in [9.17, 15) is 4.21 Å². The van der Waals surface area contributed by atoms with Crippen LogP contribution in [0.15, 0.2) is 48.0 Å². The average Bonchev–Trinajstić information content (AvgIpc) is 2.15. The van der Waals surface area contributed by atoms with Gasteiger partial charge in [-0.1, -0.05) is 24.8 Å². The molecule has 1 atom stereocenters. The number of hydrogen-bond acceptors (Lipinski definition) is 3. The highest BCUT2D eigenvalue weighted by Gasteiger charge is 2.00. The van der Waals surface area contributed by atoms with Crippen LogP contribution in [0.5, 0.6) is 0 Å². The Morgan fingerprint density at radius 3 is 2.67 bits per heavy atom. The van der Waals surface area contributed by atoms with Crippen LogP contribution >= 0.6 is 0 Å². The van der Waals surface area contributed by atoms with Gasteiger partial charge in [0.25, 0.3) is 0 Å². The van der Waals surface area contributed by atoms with E-state index in [1.165, 1.54) is 6.20 Å². The molecule has 3 nitrogen and oxygen atoms in total. The molecule has 0 bridgehead atoms. The minimum atomic E-state index is -1.47. The van der Waals surface area contributed by atoms with Gasteiger partial charge in [0.15, 0.2) is 0 Å². The normalized spacial score (nSPS) is 12.0. The van der Waals surface area contributed by atoms with Gasteiger partial charge in [-0.3, -0.25) is 5.48 Å². The second kappa shape index (κ2) is 4.69. The molecule has 1 aromatic rings. The minimum Gasteiger partial charge on any atom is -0.259 e. The molecule has 0 fully saturated rings. The van der Waals surface area contributed by atoms with Gasteiger partial charge in [0.2, 0.25) is 11.1 Å². The van der Waals surface area contributed by atoms with Gasteiger partial charge in [-0.15, -0.1) is 0 Å². The number of nitrogens with one attached hydrogen (secondary N) is 1. The van der Waals surface area contributed by atoms with E-state index in [4.69, 9.17) is 0 Å². The van der Waals surface area contributed by atoms with Gasteiger partial charge < -0.3 is 0 Å². The highest BCUT2D eigenvalue weighted by molar-refractivity contribution is 7.80. The number of hydroxylamine groups is 1. The Labute approximate surface area is 73.7 Å². The summed E-state index contributed by atoms with van der Waals surface area (Å²) in [6, 6.07) is 8.89. The fraction of sp³-hybridized carbons (Fsp3) is 0. The summed E-state index contributed by atoms with van der Waals surface area (Å²) in [6.45, 7) is 3.36. The molecule has 64 valence electrons. The van der Waals surface area contributed by atoms with Gasteiger partial charge in [-0.25, -0.2) is 4.21 Å². The maximum atomic E-state index is 11.2. The summed E-state index contributed by atoms with van der Waals surface area (Å²) in [5, 5.41) is 0. The summed E-state index contributed by atoms with van der Waals surface area (Å²) in [6.07, 6.45) is 1.32. The molecule has 0 spiro atoms. The van der Waals surface area contributed by atoms with E-state index < -0.39 is 11.1 Å². The van der Waals surface area contributed by atoms with E-state index in [-0.39, 0.29) is 0 Å². The molecule has 0 saturated carbocycles. The van der Waals surface area contributed by atoms with Crippen molar-refractivity contribution in [1.82, 2.24) is 5.48 Å². The van der Waals surface area contributed by atoms with Crippen molar-refractivity contribution in [1.29, 1.82) is 0 Å². The van der Waals surface area contributed by atoms with Crippen molar-refractivity contribution in [3.05, 3.63) is 43.1 Å². The van der Waals surface area contributed by atoms with Gasteiger partial charge in [0.05, 0.1) is 4.90 Å². The molecule has 1 aromatic carbocycles. The topological polar surface area (TPSA) is 38.3 Å². The van der Waals surface area contributed by atoms with E-state index in [1.54, 1.807) is 24.3 Å². The summed E-state index contributed by atoms with van der Waals surface area (Å²) in [5.41, 5.74) is 2.31. The molecule has 0 aromatic heterocycles. The van der Waals surface area contributed by atoms with Crippen molar-refractivity contribution in [2.45, 2.75) is 4.90 Å². The molecule has 0 saturated heterocycles. The number of benzene rings is 1. The lowest BCUT2D eigenvalue weighted by atomic mass is 10.4. The van der Waals surface area contributed by atoms with Crippen LogP contribution in [0.3, 0.4) is 0 Å². The zero-order valence-electron chi connectivity index (χ0n) is 6.40. The quantitative estimate of drug-likeness (QED) is 0.716. The van der Waals surface area contributed by atoms with Crippen molar-refractivity contribution in [3.63, 3.8) is 0 Å². The first-order valence-electron chi connectivity index (χ1n) is 3.35. The van der Waals surface area contributed by atoms with Crippen molar-refractivity contribution < 1.29 is 8.49 Å². The lowest BCUT2D eigenvalue weighted by molar-refractivity contribution is 0.272. The molecule has 0 amide bonds. The van der Waals surface area contributed by atoms with Crippen molar-refractivity contribution in [2.75, 3.05) is 0 Å². The van der Waals surface area contributed by atoms with Crippen LogP contribution in [0.25, 0.3) is 0 Å². The lowest BCUT2D eigenvalue weighted by Gasteiger charge is -1.99. The molecule has 1 N–H and O–H groups in total. The van der Waals surface area contributed by atoms with Crippen molar-refractivity contribution in [2.24, 2.45) is 0 Å². The van der Waals surface area contributed by atoms with Crippen LogP contribution in [-0.4, -0.2) is 4.21 Å². The Bertz CT molecular complexity index is 274. The molecule has 1 unspecified atom stereocenters. The van der Waals surface area contributed by atoms with Crippen molar-refractivity contribution in [3.8, 4) is 0 Å². The summed E-state index contributed by atoms with van der Waals surface area (Å²) >= 11 is -1.47. The molecular formula is C8H9NO2S. The van der Waals surface area contributed by atoms with Crippen molar-refractivity contribution >= 4 is 11.1 Å². The van der Waals surface area contributed by atoms with Crippen LogP contribution in [0.1, 0.15) is 0 Å². The van der Waals surface area contributed by atoms with Crippen LogP contribution in [-0.2, 0) is 15.4 Å². The van der Waals surface area contributed by atoms with Crippen LogP contribution < -0.4 is 5.48 Å². The van der Waals surface area contributed by atoms with Gasteiger partial charge in [0, 0.05) is 6.20 Å². The first-order valence-corrected chi connectivity index (χ1v) is 4.42. The van der Waals surface area contributed by atoms with Gasteiger partial charge in [0.1, 0.15) is 0 Å². The molecule has 0 aliphatic carbocycles. The Hall–Kier alpha value is -1.13. The summed E-state index contributed by atoms with van der Waals surface area (Å²) in [7, 11) is 0. The van der Waals surface area contributed by atoms with Gasteiger partial charge >= 0.3 is 0 Å². The summed E-state index contributed by atoms with van der Waals surface area (Å²) in [5.74, 6) is 0. The van der Waals surface area contributed by atoms with Crippen LogP contribution in [0.4, 0.5) is 0 Å². The molecule has 12 heavy (non-hydrogen) atoms. The van der Waals surface area contributed by atoms with E-state index in [0.717, 1.165) is 0 Å². The molecule has 0 aliphatic heterocycles. The predicted octanol–water partition coefficient (Wildman–Crippen LogP) is 1.37. The smallest absolute Gasteiger partial charge is 0.212 e. The Balaban J connectivity index is 2.59. The Kier molecular flexibility index (Phi) is 3.50. The maximum Gasteiger partial charge on any atom is 0.212 e. The standard InChI is InChI=1S/C8H9NO2S/c1-2-9-11-12(10)8-6-4-3-5-7-8/h2-7,9H,1H2. The Morgan fingerprint density at radius 2 is 2.08 bits per heavy atom. The molecule has 1 rings (SSSR count). The third kappa shape index (κ3) is 2.48. The molecule has 4 heteroatoms. The molecular weight excluding hydrogens is 174 g/mol. The van der Waals surface area contributed by atoms with E-state index in [1.807, 2.05) is 6.07 Å². The van der Waals surface area contributed by atoms with E-state index in [0.29, 0.717) is 4.90 Å². The predicted molar refractivity (Wildman–Crippen MR) is 47.3 cm³/mol. The maximum absolute atomic E-state index is 11.2. The third-order valence-electron chi connectivity index (χ3n) is 1.14. The largest absolute Gasteiger partial charge is 0.259 e. The lowest BCUT2D eigenvalue weighted by Crippen LogP contribution is -2.08. The van der Waals surface area contributed by atoms with Gasteiger partial charge in [-0.2, -0.15) is 4.28 Å². The zero-order valence-corrected chi connectivity index (χ0v) is 7.21. The molecule has 0 aliphatic rings. The van der Waals surface area contributed by atoms with Crippen LogP contribution in [0.2, 0.25) is 0 Å². The fourth-order valence-electron chi connectivity index (χ4n) is 0.657. The molecule has 0 heterocycles. The minimum absolute atomic E-state index is 0.617. The second-order valence-corrected chi connectivity index (χ2v) is 3.06. The fourth-order valence-corrected chi connectivity index (χ4v) is 1.29. The average molecular weight is 183 g/mol. The highest BCUT2D eigenvalue weighted by Crippen LogP contribution is 2.04. The SMILES string of the molecule is C=CNOS(=O)c1ccccc1. The van der Waals surface area contributed by atoms with E-state index >= 15 is 0 Å². The summed E-state index contributed by atoms with van der Waals surface area (Å²) in [4.78, 5) is 0.617. The number of hydrogen-bond donors (Lipinski definition) is 1. The van der Waals surface area contributed by atoms with E-state index in [2.05, 4.69) is 16.3 Å². The van der Waals surface area contributed by atoms with Gasteiger partial charge in [-0.05, 0) is 12.1 Å². The highest BCUT2D eigenvalue weighted by atomic mass is 32.2. The zero-order chi connectivity index (χ0) is 8.81. The first kappa shape index (κ1) is 8.96. The molecule has 0 radical (unpaired) electrons. The third-order valence-corrected chi connectivity index (χ3v) is 2.05. The number of rotatable bonds is 4.